The molecule has 2 aromatic rings. The van der Waals surface area contributed by atoms with Crippen molar-refractivity contribution >= 4 is 22.6 Å². The van der Waals surface area contributed by atoms with Crippen LogP contribution in [0.3, 0.4) is 0 Å². The van der Waals surface area contributed by atoms with E-state index in [-0.39, 0.29) is 16.9 Å². The maximum absolute atomic E-state index is 13.1. The Morgan fingerprint density at radius 3 is 2.57 bits per heavy atom. The molecule has 0 radical (unpaired) electrons. The molecular weight excluding hydrogens is 398 g/mol. The number of fused-ring (bicyclic) bond motifs is 1. The van der Waals surface area contributed by atoms with Gasteiger partial charge in [0.2, 0.25) is 0 Å². The van der Waals surface area contributed by atoms with Crippen LogP contribution in [0, 0.1) is 0 Å². The van der Waals surface area contributed by atoms with E-state index in [0.717, 1.165) is 34.8 Å². The number of aromatic nitrogens is 2. The maximum Gasteiger partial charge on any atom is 0.271 e. The van der Waals surface area contributed by atoms with Gasteiger partial charge in [0.25, 0.3) is 5.56 Å². The van der Waals surface area contributed by atoms with Crippen molar-refractivity contribution in [2.75, 3.05) is 7.11 Å². The fraction of sp³-hybridized carbons (Fsp3) is 0.565. The first-order chi connectivity index (χ1) is 14.5. The summed E-state index contributed by atoms with van der Waals surface area (Å²) in [6.45, 7) is 6.00. The van der Waals surface area contributed by atoms with Crippen LogP contribution in [-0.2, 0) is 0 Å². The third-order valence-corrected chi connectivity index (χ3v) is 6.97. The highest BCUT2D eigenvalue weighted by atomic mass is 32.2. The zero-order valence-corrected chi connectivity index (χ0v) is 19.1. The zero-order chi connectivity index (χ0) is 21.3. The van der Waals surface area contributed by atoms with Crippen molar-refractivity contribution in [1.82, 2.24) is 9.78 Å². The molecule has 1 atom stereocenters. The number of H-pyrrole nitrogens is 1. The van der Waals surface area contributed by atoms with Crippen molar-refractivity contribution in [3.63, 3.8) is 0 Å². The van der Waals surface area contributed by atoms with E-state index in [2.05, 4.69) is 5.10 Å². The lowest BCUT2D eigenvalue weighted by molar-refractivity contribution is 0.230. The summed E-state index contributed by atoms with van der Waals surface area (Å²) in [5.41, 5.74) is 1.73. The number of ether oxygens (including phenoxy) is 2. The normalized spacial score (nSPS) is 19.9. The molecule has 6 nitrogen and oxygen atoms in total. The molecule has 0 spiro atoms. The van der Waals surface area contributed by atoms with Gasteiger partial charge in [0.15, 0.2) is 17.3 Å². The second kappa shape index (κ2) is 8.92. The average molecular weight is 430 g/mol. The molecule has 2 heterocycles. The van der Waals surface area contributed by atoms with Crippen LogP contribution < -0.4 is 15.0 Å². The summed E-state index contributed by atoms with van der Waals surface area (Å²) >= 11 is 1.62. The molecule has 1 aliphatic carbocycles. The lowest BCUT2D eigenvalue weighted by atomic mass is 10.0. The van der Waals surface area contributed by atoms with Crippen molar-refractivity contribution in [3.05, 3.63) is 39.7 Å². The molecule has 7 heteroatoms. The maximum atomic E-state index is 13.1. The standard InChI is InChI=1S/C23H31N3O3S/c1-14(2)29-18-12-11-16(13-19(18)28-4)21-20-22(24-15(3)30-21)26(25-23(20)27)17-9-7-5-6-8-10-17/h11-14,17,21H,5-10H2,1-4H3,(H,25,27). The van der Waals surface area contributed by atoms with Gasteiger partial charge in [0.05, 0.1) is 35.1 Å². The molecule has 1 saturated carbocycles. The van der Waals surface area contributed by atoms with Gasteiger partial charge in [-0.2, -0.15) is 0 Å². The summed E-state index contributed by atoms with van der Waals surface area (Å²) in [6, 6.07) is 6.27. The van der Waals surface area contributed by atoms with Gasteiger partial charge in [-0.3, -0.25) is 14.6 Å². The molecule has 2 aliphatic rings. The van der Waals surface area contributed by atoms with Crippen LogP contribution in [0.5, 0.6) is 11.5 Å². The number of thioether (sulfide) groups is 1. The van der Waals surface area contributed by atoms with Crippen LogP contribution in [0.25, 0.3) is 0 Å². The zero-order valence-electron chi connectivity index (χ0n) is 18.2. The number of hydrogen-bond acceptors (Lipinski definition) is 5. The van der Waals surface area contributed by atoms with E-state index in [1.165, 1.54) is 25.7 Å². The quantitative estimate of drug-likeness (QED) is 0.614. The van der Waals surface area contributed by atoms with E-state index in [4.69, 9.17) is 14.5 Å². The van der Waals surface area contributed by atoms with E-state index < -0.39 is 0 Å². The topological polar surface area (TPSA) is 68.6 Å². The van der Waals surface area contributed by atoms with Gasteiger partial charge in [-0.05, 0) is 51.3 Å². The van der Waals surface area contributed by atoms with E-state index >= 15 is 0 Å². The summed E-state index contributed by atoms with van der Waals surface area (Å²) in [7, 11) is 1.65. The number of benzene rings is 1. The Labute approximate surface area is 182 Å². The number of aromatic amines is 1. The Kier molecular flexibility index (Phi) is 6.27. The third-order valence-electron chi connectivity index (χ3n) is 5.79. The second-order valence-corrected chi connectivity index (χ2v) is 9.70. The fourth-order valence-electron chi connectivity index (χ4n) is 4.42. The van der Waals surface area contributed by atoms with E-state index in [9.17, 15) is 4.79 Å². The van der Waals surface area contributed by atoms with E-state index in [1.807, 2.05) is 43.7 Å². The number of hydrogen-bond donors (Lipinski definition) is 1. The lowest BCUT2D eigenvalue weighted by Gasteiger charge is -2.24. The molecule has 30 heavy (non-hydrogen) atoms. The molecule has 4 rings (SSSR count). The van der Waals surface area contributed by atoms with Crippen molar-refractivity contribution < 1.29 is 9.47 Å². The molecule has 1 N–H and O–H groups in total. The van der Waals surface area contributed by atoms with E-state index in [0.29, 0.717) is 17.5 Å². The minimum atomic E-state index is -0.115. The summed E-state index contributed by atoms with van der Waals surface area (Å²) in [5, 5.41) is 3.98. The first-order valence-corrected chi connectivity index (χ1v) is 11.8. The van der Waals surface area contributed by atoms with Gasteiger partial charge < -0.3 is 9.47 Å². The van der Waals surface area contributed by atoms with Gasteiger partial charge in [-0.25, -0.2) is 4.99 Å². The molecule has 1 fully saturated rings. The predicted octanol–water partition coefficient (Wildman–Crippen LogP) is 5.75. The molecule has 0 bridgehead atoms. The lowest BCUT2D eigenvalue weighted by Crippen LogP contribution is -2.14. The Morgan fingerprint density at radius 2 is 1.90 bits per heavy atom. The summed E-state index contributed by atoms with van der Waals surface area (Å²) in [6.07, 6.45) is 7.21. The molecule has 0 saturated heterocycles. The van der Waals surface area contributed by atoms with Gasteiger partial charge in [-0.15, -0.1) is 0 Å². The predicted molar refractivity (Wildman–Crippen MR) is 123 cm³/mol. The molecular formula is C23H31N3O3S. The number of rotatable bonds is 5. The first-order valence-electron chi connectivity index (χ1n) is 10.9. The third kappa shape index (κ3) is 4.17. The van der Waals surface area contributed by atoms with Crippen LogP contribution in [-0.4, -0.2) is 28.0 Å². The molecule has 162 valence electrons. The Bertz CT molecular complexity index is 984. The minimum absolute atomic E-state index is 0.0375. The van der Waals surface area contributed by atoms with Gasteiger partial charge in [0.1, 0.15) is 0 Å². The minimum Gasteiger partial charge on any atom is -0.493 e. The number of nitrogens with zero attached hydrogens (tertiary/aromatic N) is 2. The Hall–Kier alpha value is -2.15. The number of nitrogens with one attached hydrogen (secondary N) is 1. The van der Waals surface area contributed by atoms with Crippen LogP contribution in [0.2, 0.25) is 0 Å². The van der Waals surface area contributed by atoms with Crippen LogP contribution in [0.4, 0.5) is 5.82 Å². The molecule has 1 unspecified atom stereocenters. The highest BCUT2D eigenvalue weighted by Gasteiger charge is 2.32. The van der Waals surface area contributed by atoms with Gasteiger partial charge in [0, 0.05) is 0 Å². The largest absolute Gasteiger partial charge is 0.493 e. The smallest absolute Gasteiger partial charge is 0.271 e. The average Bonchev–Trinajstić information content (AvgIpc) is 2.89. The molecule has 0 amide bonds. The Balaban J connectivity index is 1.74. The number of methoxy groups -OCH3 is 1. The highest BCUT2D eigenvalue weighted by Crippen LogP contribution is 2.46. The molecule has 1 aromatic carbocycles. The van der Waals surface area contributed by atoms with Crippen molar-refractivity contribution in [1.29, 1.82) is 0 Å². The second-order valence-electron chi connectivity index (χ2n) is 8.40. The molecule has 1 aromatic heterocycles. The number of aliphatic imine (C=N–C) groups is 1. The van der Waals surface area contributed by atoms with Gasteiger partial charge in [-0.1, -0.05) is 43.5 Å². The van der Waals surface area contributed by atoms with Crippen molar-refractivity contribution in [2.45, 2.75) is 76.7 Å². The van der Waals surface area contributed by atoms with Gasteiger partial charge >= 0.3 is 0 Å². The monoisotopic (exact) mass is 429 g/mol. The fourth-order valence-corrected chi connectivity index (χ4v) is 5.52. The molecule has 1 aliphatic heterocycles. The Morgan fingerprint density at radius 1 is 1.17 bits per heavy atom. The first kappa shape index (κ1) is 21.1. The van der Waals surface area contributed by atoms with Crippen LogP contribution in [0.1, 0.15) is 81.7 Å². The van der Waals surface area contributed by atoms with Crippen LogP contribution in [0.15, 0.2) is 28.0 Å². The van der Waals surface area contributed by atoms with Crippen molar-refractivity contribution in [2.24, 2.45) is 4.99 Å². The van der Waals surface area contributed by atoms with Crippen LogP contribution >= 0.6 is 11.8 Å². The van der Waals surface area contributed by atoms with Crippen molar-refractivity contribution in [3.8, 4) is 11.5 Å². The highest BCUT2D eigenvalue weighted by molar-refractivity contribution is 8.14. The summed E-state index contributed by atoms with van der Waals surface area (Å²) < 4.78 is 13.5. The summed E-state index contributed by atoms with van der Waals surface area (Å²) in [4.78, 5) is 17.9. The van der Waals surface area contributed by atoms with E-state index in [1.54, 1.807) is 18.9 Å². The SMILES string of the molecule is COc1cc(C2SC(C)=Nc3c2c(=O)[nH]n3C2CCCCCC2)ccc1OC(C)C. The summed E-state index contributed by atoms with van der Waals surface area (Å²) in [5.74, 6) is 2.20.